The zero-order valence-corrected chi connectivity index (χ0v) is 15.9. The van der Waals surface area contributed by atoms with E-state index in [-0.39, 0.29) is 17.4 Å². The second kappa shape index (κ2) is 8.33. The molecule has 3 heterocycles. The summed E-state index contributed by atoms with van der Waals surface area (Å²) in [6.07, 6.45) is 5.33. The molecule has 2 aromatic heterocycles. The summed E-state index contributed by atoms with van der Waals surface area (Å²) < 4.78 is 0. The van der Waals surface area contributed by atoms with E-state index in [1.54, 1.807) is 18.3 Å². The molecule has 144 valence electrons. The SMILES string of the molecule is CC(C)Cc1cc(C(=O)N2CCC(Cc3ccc(=O)[nH]c3)CC2)nc(N)n1. The molecule has 2 aromatic rings. The van der Waals surface area contributed by atoms with Crippen molar-refractivity contribution < 1.29 is 4.79 Å². The zero-order valence-electron chi connectivity index (χ0n) is 15.9. The smallest absolute Gasteiger partial charge is 0.272 e. The fourth-order valence-electron chi connectivity index (χ4n) is 3.56. The van der Waals surface area contributed by atoms with Crippen LogP contribution in [0.2, 0.25) is 0 Å². The van der Waals surface area contributed by atoms with Gasteiger partial charge in [-0.05, 0) is 49.1 Å². The summed E-state index contributed by atoms with van der Waals surface area (Å²) in [5, 5.41) is 0. The van der Waals surface area contributed by atoms with Gasteiger partial charge in [-0.25, -0.2) is 9.97 Å². The van der Waals surface area contributed by atoms with E-state index in [0.717, 1.165) is 36.9 Å². The van der Waals surface area contributed by atoms with Gasteiger partial charge in [0.25, 0.3) is 5.91 Å². The maximum atomic E-state index is 12.8. The van der Waals surface area contributed by atoms with Crippen LogP contribution in [0.15, 0.2) is 29.2 Å². The molecule has 0 saturated carbocycles. The molecule has 0 radical (unpaired) electrons. The van der Waals surface area contributed by atoms with Crippen molar-refractivity contribution in [1.82, 2.24) is 19.9 Å². The molecular formula is C20H27N5O2. The Hall–Kier alpha value is -2.70. The number of H-pyrrole nitrogens is 1. The molecule has 0 unspecified atom stereocenters. The lowest BCUT2D eigenvalue weighted by atomic mass is 9.90. The number of carbonyl (C=O) groups is 1. The molecule has 1 aliphatic rings. The van der Waals surface area contributed by atoms with Gasteiger partial charge >= 0.3 is 0 Å². The number of hydrogen-bond acceptors (Lipinski definition) is 5. The number of nitrogen functional groups attached to an aromatic ring is 1. The van der Waals surface area contributed by atoms with Crippen LogP contribution in [0.1, 0.15) is 48.4 Å². The number of pyridine rings is 1. The van der Waals surface area contributed by atoms with Gasteiger partial charge in [-0.3, -0.25) is 9.59 Å². The number of likely N-dealkylation sites (tertiary alicyclic amines) is 1. The fraction of sp³-hybridized carbons (Fsp3) is 0.500. The summed E-state index contributed by atoms with van der Waals surface area (Å²) in [5.74, 6) is 1.03. The zero-order chi connectivity index (χ0) is 19.4. The second-order valence-corrected chi connectivity index (χ2v) is 7.70. The number of carbonyl (C=O) groups excluding carboxylic acids is 1. The first-order chi connectivity index (χ1) is 12.9. The first kappa shape index (κ1) is 19.1. The number of anilines is 1. The molecule has 1 aliphatic heterocycles. The standard InChI is InChI=1S/C20H27N5O2/c1-13(2)9-16-11-17(24-20(21)23-16)19(27)25-7-5-14(6-8-25)10-15-3-4-18(26)22-12-15/h3-4,11-14H,5-10H2,1-2H3,(H,22,26)(H2,21,23,24). The highest BCUT2D eigenvalue weighted by Gasteiger charge is 2.25. The van der Waals surface area contributed by atoms with Crippen molar-refractivity contribution in [1.29, 1.82) is 0 Å². The number of nitrogens with two attached hydrogens (primary N) is 1. The van der Waals surface area contributed by atoms with E-state index in [4.69, 9.17) is 5.73 Å². The van der Waals surface area contributed by atoms with Crippen LogP contribution in [0.4, 0.5) is 5.95 Å². The van der Waals surface area contributed by atoms with Crippen molar-refractivity contribution >= 4 is 11.9 Å². The summed E-state index contributed by atoms with van der Waals surface area (Å²) in [4.78, 5) is 36.9. The van der Waals surface area contributed by atoms with E-state index in [9.17, 15) is 9.59 Å². The molecule has 1 fully saturated rings. The number of hydrogen-bond donors (Lipinski definition) is 2. The average molecular weight is 369 g/mol. The van der Waals surface area contributed by atoms with Gasteiger partial charge in [0.2, 0.25) is 11.5 Å². The van der Waals surface area contributed by atoms with Crippen molar-refractivity contribution in [2.45, 2.75) is 39.5 Å². The van der Waals surface area contributed by atoms with Crippen LogP contribution in [0.3, 0.4) is 0 Å². The summed E-state index contributed by atoms with van der Waals surface area (Å²) in [6.45, 7) is 5.62. The highest BCUT2D eigenvalue weighted by molar-refractivity contribution is 5.92. The van der Waals surface area contributed by atoms with Crippen LogP contribution in [-0.2, 0) is 12.8 Å². The lowest BCUT2D eigenvalue weighted by molar-refractivity contribution is 0.0684. The van der Waals surface area contributed by atoms with Crippen LogP contribution in [0, 0.1) is 11.8 Å². The highest BCUT2D eigenvalue weighted by Crippen LogP contribution is 2.22. The van der Waals surface area contributed by atoms with Gasteiger partial charge < -0.3 is 15.6 Å². The predicted octanol–water partition coefficient (Wildman–Crippen LogP) is 2.04. The molecule has 3 rings (SSSR count). The molecule has 0 atom stereocenters. The monoisotopic (exact) mass is 369 g/mol. The van der Waals surface area contributed by atoms with E-state index in [1.165, 1.54) is 0 Å². The van der Waals surface area contributed by atoms with Gasteiger partial charge in [-0.1, -0.05) is 19.9 Å². The Morgan fingerprint density at radius 1 is 1.30 bits per heavy atom. The van der Waals surface area contributed by atoms with Gasteiger partial charge in [0.05, 0.1) is 0 Å². The summed E-state index contributed by atoms with van der Waals surface area (Å²) in [7, 11) is 0. The van der Waals surface area contributed by atoms with Gasteiger partial charge in [0, 0.05) is 31.0 Å². The maximum absolute atomic E-state index is 12.8. The third-order valence-corrected chi connectivity index (χ3v) is 4.91. The molecule has 7 nitrogen and oxygen atoms in total. The Kier molecular flexibility index (Phi) is 5.88. The number of piperidine rings is 1. The van der Waals surface area contributed by atoms with Gasteiger partial charge in [0.15, 0.2) is 0 Å². The number of nitrogens with one attached hydrogen (secondary N) is 1. The van der Waals surface area contributed by atoms with Gasteiger partial charge in [-0.2, -0.15) is 0 Å². The largest absolute Gasteiger partial charge is 0.368 e. The van der Waals surface area contributed by atoms with Gasteiger partial charge in [0.1, 0.15) is 5.69 Å². The minimum absolute atomic E-state index is 0.0726. The van der Waals surface area contributed by atoms with E-state index in [1.807, 2.05) is 11.0 Å². The number of rotatable bonds is 5. The topological polar surface area (TPSA) is 105 Å². The minimum Gasteiger partial charge on any atom is -0.368 e. The average Bonchev–Trinajstić information content (AvgIpc) is 2.62. The fourth-order valence-corrected chi connectivity index (χ4v) is 3.56. The number of amides is 1. The van der Waals surface area contributed by atoms with E-state index in [2.05, 4.69) is 28.8 Å². The second-order valence-electron chi connectivity index (χ2n) is 7.70. The van der Waals surface area contributed by atoms with Crippen molar-refractivity contribution in [2.75, 3.05) is 18.8 Å². The first-order valence-corrected chi connectivity index (χ1v) is 9.51. The van der Waals surface area contributed by atoms with E-state index < -0.39 is 0 Å². The molecule has 0 bridgehead atoms. The Balaban J connectivity index is 1.60. The minimum atomic E-state index is -0.0832. The lowest BCUT2D eigenvalue weighted by Gasteiger charge is -2.32. The lowest BCUT2D eigenvalue weighted by Crippen LogP contribution is -2.39. The van der Waals surface area contributed by atoms with Crippen LogP contribution in [0.25, 0.3) is 0 Å². The normalized spacial score (nSPS) is 15.3. The number of nitrogens with zero attached hydrogens (tertiary/aromatic N) is 3. The van der Waals surface area contributed by atoms with Crippen LogP contribution in [0.5, 0.6) is 0 Å². The third kappa shape index (κ3) is 5.15. The Labute approximate surface area is 159 Å². The summed E-state index contributed by atoms with van der Waals surface area (Å²) in [5.41, 5.74) is 8.05. The predicted molar refractivity (Wildman–Crippen MR) is 104 cm³/mol. The molecule has 27 heavy (non-hydrogen) atoms. The van der Waals surface area contributed by atoms with E-state index in [0.29, 0.717) is 30.6 Å². The number of aromatic amines is 1. The maximum Gasteiger partial charge on any atom is 0.272 e. The van der Waals surface area contributed by atoms with Crippen LogP contribution >= 0.6 is 0 Å². The molecule has 7 heteroatoms. The van der Waals surface area contributed by atoms with Crippen molar-refractivity contribution in [3.05, 3.63) is 51.7 Å². The molecular weight excluding hydrogens is 342 g/mol. The Morgan fingerprint density at radius 2 is 2.04 bits per heavy atom. The Bertz CT molecular complexity index is 833. The molecule has 3 N–H and O–H groups in total. The summed E-state index contributed by atoms with van der Waals surface area (Å²) >= 11 is 0. The molecule has 0 aliphatic carbocycles. The van der Waals surface area contributed by atoms with Crippen molar-refractivity contribution in [3.63, 3.8) is 0 Å². The molecule has 0 aromatic carbocycles. The molecule has 1 saturated heterocycles. The van der Waals surface area contributed by atoms with E-state index >= 15 is 0 Å². The van der Waals surface area contributed by atoms with Crippen LogP contribution in [-0.4, -0.2) is 38.8 Å². The third-order valence-electron chi connectivity index (χ3n) is 4.91. The van der Waals surface area contributed by atoms with Crippen LogP contribution < -0.4 is 11.3 Å². The first-order valence-electron chi connectivity index (χ1n) is 9.51. The Morgan fingerprint density at radius 3 is 2.67 bits per heavy atom. The highest BCUT2D eigenvalue weighted by atomic mass is 16.2. The quantitative estimate of drug-likeness (QED) is 0.839. The van der Waals surface area contributed by atoms with Crippen molar-refractivity contribution in [2.24, 2.45) is 11.8 Å². The summed E-state index contributed by atoms with van der Waals surface area (Å²) in [6, 6.07) is 5.20. The number of aromatic nitrogens is 3. The molecule has 1 amide bonds. The van der Waals surface area contributed by atoms with Crippen molar-refractivity contribution in [3.8, 4) is 0 Å². The molecule has 0 spiro atoms. The van der Waals surface area contributed by atoms with Gasteiger partial charge in [-0.15, -0.1) is 0 Å².